The van der Waals surface area contributed by atoms with Crippen LogP contribution in [0.5, 0.6) is 0 Å². The van der Waals surface area contributed by atoms with Gasteiger partial charge in [0.15, 0.2) is 0 Å². The summed E-state index contributed by atoms with van der Waals surface area (Å²) >= 11 is 0. The van der Waals surface area contributed by atoms with Gasteiger partial charge in [0.2, 0.25) is 5.89 Å². The van der Waals surface area contributed by atoms with Gasteiger partial charge < -0.3 is 20.2 Å². The standard InChI is InChI=1S/C23H23N5O2/c1-16-20(17-6-3-2-4-7-17)8-5-9-21(16)22-27-28-23(30-22)26-18-10-11-25-19(14-18)15-24-12-13-29/h2-11,14,24,29H,12-13,15H2,1H3,(H,25,26,28). The average molecular weight is 401 g/mol. The number of nitrogens with one attached hydrogen (secondary N) is 2. The molecule has 0 spiro atoms. The Hall–Kier alpha value is -3.55. The van der Waals surface area contributed by atoms with Crippen molar-refractivity contribution in [3.8, 4) is 22.6 Å². The van der Waals surface area contributed by atoms with Crippen molar-refractivity contribution in [3.05, 3.63) is 78.1 Å². The van der Waals surface area contributed by atoms with E-state index in [2.05, 4.69) is 50.9 Å². The van der Waals surface area contributed by atoms with Gasteiger partial charge in [-0.3, -0.25) is 4.98 Å². The lowest BCUT2D eigenvalue weighted by Gasteiger charge is -2.09. The number of hydrogen-bond donors (Lipinski definition) is 3. The molecule has 3 N–H and O–H groups in total. The number of aromatic nitrogens is 3. The van der Waals surface area contributed by atoms with Crippen LogP contribution in [0.2, 0.25) is 0 Å². The molecule has 0 saturated carbocycles. The molecule has 7 heteroatoms. The molecular formula is C23H23N5O2. The zero-order valence-corrected chi connectivity index (χ0v) is 16.7. The third-order valence-corrected chi connectivity index (χ3v) is 4.74. The van der Waals surface area contributed by atoms with Crippen LogP contribution in [0.4, 0.5) is 11.7 Å². The third-order valence-electron chi connectivity index (χ3n) is 4.74. The lowest BCUT2D eigenvalue weighted by Crippen LogP contribution is -2.18. The molecule has 7 nitrogen and oxygen atoms in total. The highest BCUT2D eigenvalue weighted by molar-refractivity contribution is 5.75. The Labute approximate surface area is 174 Å². The number of anilines is 2. The monoisotopic (exact) mass is 401 g/mol. The van der Waals surface area contributed by atoms with Crippen molar-refractivity contribution in [2.75, 3.05) is 18.5 Å². The van der Waals surface area contributed by atoms with Crippen LogP contribution in [0.25, 0.3) is 22.6 Å². The van der Waals surface area contributed by atoms with Crippen LogP contribution in [0.15, 0.2) is 71.3 Å². The third kappa shape index (κ3) is 4.53. The fourth-order valence-corrected chi connectivity index (χ4v) is 3.25. The van der Waals surface area contributed by atoms with E-state index in [1.807, 2.05) is 42.5 Å². The quantitative estimate of drug-likeness (QED) is 0.385. The summed E-state index contributed by atoms with van der Waals surface area (Å²) < 4.78 is 5.88. The SMILES string of the molecule is Cc1c(-c2ccccc2)cccc1-c1nnc(Nc2ccnc(CNCCO)c2)o1. The Morgan fingerprint density at radius 2 is 1.80 bits per heavy atom. The topological polar surface area (TPSA) is 96.1 Å². The van der Waals surface area contributed by atoms with Gasteiger partial charge in [-0.25, -0.2) is 0 Å². The average Bonchev–Trinajstić information content (AvgIpc) is 3.23. The maximum atomic E-state index is 8.87. The number of rotatable bonds is 8. The van der Waals surface area contributed by atoms with Crippen molar-refractivity contribution >= 4 is 11.7 Å². The molecule has 2 aromatic heterocycles. The Morgan fingerprint density at radius 3 is 2.63 bits per heavy atom. The molecule has 0 atom stereocenters. The van der Waals surface area contributed by atoms with Crippen molar-refractivity contribution in [1.29, 1.82) is 0 Å². The van der Waals surface area contributed by atoms with E-state index in [4.69, 9.17) is 9.52 Å². The van der Waals surface area contributed by atoms with E-state index in [1.165, 1.54) is 0 Å². The zero-order chi connectivity index (χ0) is 20.8. The molecule has 0 bridgehead atoms. The summed E-state index contributed by atoms with van der Waals surface area (Å²) in [6.45, 7) is 3.24. The fraction of sp³-hybridized carbons (Fsp3) is 0.174. The van der Waals surface area contributed by atoms with E-state index in [0.29, 0.717) is 25.0 Å². The van der Waals surface area contributed by atoms with Gasteiger partial charge in [0.05, 0.1) is 12.3 Å². The number of pyridine rings is 1. The van der Waals surface area contributed by atoms with Gasteiger partial charge in [-0.2, -0.15) is 0 Å². The molecule has 0 unspecified atom stereocenters. The number of benzene rings is 2. The Bertz CT molecular complexity index is 1110. The van der Waals surface area contributed by atoms with Crippen molar-refractivity contribution in [2.24, 2.45) is 0 Å². The van der Waals surface area contributed by atoms with Gasteiger partial charge in [0, 0.05) is 30.5 Å². The predicted octanol–water partition coefficient (Wildman–Crippen LogP) is 3.93. The van der Waals surface area contributed by atoms with Gasteiger partial charge in [-0.1, -0.05) is 47.6 Å². The molecular weight excluding hydrogens is 378 g/mol. The van der Waals surface area contributed by atoms with Crippen molar-refractivity contribution < 1.29 is 9.52 Å². The maximum Gasteiger partial charge on any atom is 0.320 e. The zero-order valence-electron chi connectivity index (χ0n) is 16.7. The Morgan fingerprint density at radius 1 is 0.967 bits per heavy atom. The highest BCUT2D eigenvalue weighted by atomic mass is 16.4. The fourth-order valence-electron chi connectivity index (χ4n) is 3.25. The van der Waals surface area contributed by atoms with Crippen LogP contribution in [-0.2, 0) is 6.54 Å². The van der Waals surface area contributed by atoms with Gasteiger partial charge in [0.25, 0.3) is 0 Å². The van der Waals surface area contributed by atoms with Crippen molar-refractivity contribution in [2.45, 2.75) is 13.5 Å². The van der Waals surface area contributed by atoms with E-state index in [0.717, 1.165) is 33.6 Å². The lowest BCUT2D eigenvalue weighted by molar-refractivity contribution is 0.291. The van der Waals surface area contributed by atoms with Crippen LogP contribution in [0.1, 0.15) is 11.3 Å². The molecule has 2 heterocycles. The summed E-state index contributed by atoms with van der Waals surface area (Å²) in [5, 5.41) is 23.5. The summed E-state index contributed by atoms with van der Waals surface area (Å²) in [7, 11) is 0. The normalized spacial score (nSPS) is 10.9. The minimum atomic E-state index is 0.0909. The predicted molar refractivity (Wildman–Crippen MR) is 116 cm³/mol. The second-order valence-electron chi connectivity index (χ2n) is 6.82. The van der Waals surface area contributed by atoms with E-state index in [9.17, 15) is 0 Å². The smallest absolute Gasteiger partial charge is 0.320 e. The first-order valence-electron chi connectivity index (χ1n) is 9.77. The minimum absolute atomic E-state index is 0.0909. The molecule has 2 aromatic carbocycles. The molecule has 30 heavy (non-hydrogen) atoms. The largest absolute Gasteiger partial charge is 0.403 e. The van der Waals surface area contributed by atoms with Crippen LogP contribution >= 0.6 is 0 Å². The van der Waals surface area contributed by atoms with Crippen LogP contribution in [0, 0.1) is 6.92 Å². The van der Waals surface area contributed by atoms with Crippen molar-refractivity contribution in [3.63, 3.8) is 0 Å². The Balaban J connectivity index is 1.53. The minimum Gasteiger partial charge on any atom is -0.403 e. The maximum absolute atomic E-state index is 8.87. The molecule has 0 aliphatic heterocycles. The summed E-state index contributed by atoms with van der Waals surface area (Å²) in [5.41, 5.74) is 5.92. The van der Waals surface area contributed by atoms with Gasteiger partial charge in [-0.15, -0.1) is 5.10 Å². The molecule has 4 rings (SSSR count). The highest BCUT2D eigenvalue weighted by Gasteiger charge is 2.14. The lowest BCUT2D eigenvalue weighted by atomic mass is 9.96. The summed E-state index contributed by atoms with van der Waals surface area (Å²) in [4.78, 5) is 4.30. The molecule has 0 saturated heterocycles. The highest BCUT2D eigenvalue weighted by Crippen LogP contribution is 2.31. The molecule has 0 amide bonds. The van der Waals surface area contributed by atoms with Gasteiger partial charge in [0.1, 0.15) is 0 Å². The second kappa shape index (κ2) is 9.30. The first kappa shape index (κ1) is 19.8. The summed E-state index contributed by atoms with van der Waals surface area (Å²) in [6.07, 6.45) is 1.71. The molecule has 152 valence electrons. The summed E-state index contributed by atoms with van der Waals surface area (Å²) in [6, 6.07) is 20.3. The van der Waals surface area contributed by atoms with Gasteiger partial charge in [-0.05, 0) is 41.8 Å². The molecule has 0 aliphatic rings. The number of hydrogen-bond acceptors (Lipinski definition) is 7. The van der Waals surface area contributed by atoms with Crippen LogP contribution in [-0.4, -0.2) is 33.4 Å². The number of nitrogens with zero attached hydrogens (tertiary/aromatic N) is 3. The molecule has 0 radical (unpaired) electrons. The van der Waals surface area contributed by atoms with Crippen molar-refractivity contribution in [1.82, 2.24) is 20.5 Å². The second-order valence-corrected chi connectivity index (χ2v) is 6.82. The molecule has 0 aliphatic carbocycles. The van der Waals surface area contributed by atoms with E-state index in [1.54, 1.807) is 6.20 Å². The Kier molecular flexibility index (Phi) is 6.12. The molecule has 4 aromatic rings. The molecule has 0 fully saturated rings. The first-order valence-corrected chi connectivity index (χ1v) is 9.77. The summed E-state index contributed by atoms with van der Waals surface area (Å²) in [5.74, 6) is 0.465. The van der Waals surface area contributed by atoms with E-state index < -0.39 is 0 Å². The van der Waals surface area contributed by atoms with Crippen LogP contribution < -0.4 is 10.6 Å². The number of aliphatic hydroxyl groups excluding tert-OH is 1. The van der Waals surface area contributed by atoms with Gasteiger partial charge >= 0.3 is 6.01 Å². The first-order chi connectivity index (χ1) is 14.7. The number of aliphatic hydroxyl groups is 1. The van der Waals surface area contributed by atoms with E-state index >= 15 is 0 Å². The van der Waals surface area contributed by atoms with Crippen LogP contribution in [0.3, 0.4) is 0 Å². The van der Waals surface area contributed by atoms with E-state index in [-0.39, 0.29) is 6.61 Å².